The fourth-order valence-electron chi connectivity index (χ4n) is 1.98. The molecule has 3 aromatic rings. The molecule has 3 rings (SSSR count). The number of nitrogens with zero attached hydrogens (tertiary/aromatic N) is 4. The van der Waals surface area contributed by atoms with Crippen LogP contribution in [0.5, 0.6) is 11.5 Å². The fourth-order valence-corrected chi connectivity index (χ4v) is 2.15. The number of hydrogen-bond donors (Lipinski definition) is 0. The van der Waals surface area contributed by atoms with E-state index < -0.39 is 0 Å². The molecule has 20 heavy (non-hydrogen) atoms. The first kappa shape index (κ1) is 12.7. The quantitative estimate of drug-likeness (QED) is 0.694. The SMILES string of the molecule is COc1cc2nc(Cl)nc(-n3cccn3)c2cc1OC. The number of benzene rings is 1. The van der Waals surface area contributed by atoms with E-state index in [-0.39, 0.29) is 5.28 Å². The summed E-state index contributed by atoms with van der Waals surface area (Å²) in [6.07, 6.45) is 3.46. The third-order valence-electron chi connectivity index (χ3n) is 2.88. The van der Waals surface area contributed by atoms with Crippen LogP contribution >= 0.6 is 11.6 Å². The second kappa shape index (κ2) is 4.97. The molecular formula is C13H11ClN4O2. The van der Waals surface area contributed by atoms with E-state index in [0.29, 0.717) is 22.8 Å². The second-order valence-electron chi connectivity index (χ2n) is 3.99. The summed E-state index contributed by atoms with van der Waals surface area (Å²) in [6.45, 7) is 0. The van der Waals surface area contributed by atoms with Gasteiger partial charge in [0, 0.05) is 23.8 Å². The third-order valence-corrected chi connectivity index (χ3v) is 3.04. The molecule has 0 aliphatic rings. The van der Waals surface area contributed by atoms with Gasteiger partial charge in [-0.25, -0.2) is 9.67 Å². The molecule has 0 bridgehead atoms. The van der Waals surface area contributed by atoms with E-state index in [4.69, 9.17) is 21.1 Å². The Bertz CT molecular complexity index is 759. The van der Waals surface area contributed by atoms with E-state index in [1.807, 2.05) is 12.1 Å². The predicted molar refractivity (Wildman–Crippen MR) is 74.8 cm³/mol. The van der Waals surface area contributed by atoms with E-state index >= 15 is 0 Å². The summed E-state index contributed by atoms with van der Waals surface area (Å²) in [5.74, 6) is 1.77. The van der Waals surface area contributed by atoms with Crippen LogP contribution in [0, 0.1) is 0 Å². The van der Waals surface area contributed by atoms with Gasteiger partial charge in [-0.05, 0) is 23.7 Å². The maximum Gasteiger partial charge on any atom is 0.224 e. The average molecular weight is 291 g/mol. The number of hydrogen-bond acceptors (Lipinski definition) is 5. The topological polar surface area (TPSA) is 62.1 Å². The molecule has 0 N–H and O–H groups in total. The van der Waals surface area contributed by atoms with Crippen LogP contribution < -0.4 is 9.47 Å². The maximum absolute atomic E-state index is 5.97. The van der Waals surface area contributed by atoms with Gasteiger partial charge < -0.3 is 9.47 Å². The number of rotatable bonds is 3. The maximum atomic E-state index is 5.97. The van der Waals surface area contributed by atoms with Crippen molar-refractivity contribution < 1.29 is 9.47 Å². The number of halogens is 1. The van der Waals surface area contributed by atoms with Crippen molar-refractivity contribution in [3.05, 3.63) is 35.9 Å². The molecule has 102 valence electrons. The Labute approximate surface area is 119 Å². The van der Waals surface area contributed by atoms with Gasteiger partial charge in [0.15, 0.2) is 17.3 Å². The molecule has 0 fully saturated rings. The number of aromatic nitrogens is 4. The van der Waals surface area contributed by atoms with Crippen LogP contribution in [0.15, 0.2) is 30.6 Å². The second-order valence-corrected chi connectivity index (χ2v) is 4.33. The van der Waals surface area contributed by atoms with Gasteiger partial charge in [-0.1, -0.05) is 0 Å². The van der Waals surface area contributed by atoms with Crippen molar-refractivity contribution in [1.29, 1.82) is 0 Å². The summed E-state index contributed by atoms with van der Waals surface area (Å²) < 4.78 is 12.2. The minimum atomic E-state index is 0.148. The highest BCUT2D eigenvalue weighted by Crippen LogP contribution is 2.33. The monoisotopic (exact) mass is 290 g/mol. The molecule has 6 nitrogen and oxygen atoms in total. The lowest BCUT2D eigenvalue weighted by Gasteiger charge is -2.11. The Morgan fingerprint density at radius 3 is 2.50 bits per heavy atom. The summed E-state index contributed by atoms with van der Waals surface area (Å²) in [5.41, 5.74) is 0.660. The Morgan fingerprint density at radius 1 is 1.10 bits per heavy atom. The lowest BCUT2D eigenvalue weighted by atomic mass is 10.2. The van der Waals surface area contributed by atoms with Crippen molar-refractivity contribution in [1.82, 2.24) is 19.7 Å². The highest BCUT2D eigenvalue weighted by atomic mass is 35.5. The van der Waals surface area contributed by atoms with Crippen molar-refractivity contribution in [3.63, 3.8) is 0 Å². The largest absolute Gasteiger partial charge is 0.493 e. The molecular weight excluding hydrogens is 280 g/mol. The lowest BCUT2D eigenvalue weighted by Crippen LogP contribution is -2.02. The van der Waals surface area contributed by atoms with E-state index in [1.165, 1.54) is 0 Å². The Balaban J connectivity index is 2.35. The molecule has 1 aromatic carbocycles. The average Bonchev–Trinajstić information content (AvgIpc) is 2.98. The fraction of sp³-hybridized carbons (Fsp3) is 0.154. The summed E-state index contributed by atoms with van der Waals surface area (Å²) in [7, 11) is 3.15. The van der Waals surface area contributed by atoms with Crippen LogP contribution in [-0.4, -0.2) is 34.0 Å². The molecule has 0 radical (unpaired) electrons. The summed E-state index contributed by atoms with van der Waals surface area (Å²) in [5, 5.41) is 5.09. The Kier molecular flexibility index (Phi) is 3.15. The van der Waals surface area contributed by atoms with Gasteiger partial charge in [0.1, 0.15) is 0 Å². The van der Waals surface area contributed by atoms with Crippen molar-refractivity contribution >= 4 is 22.5 Å². The predicted octanol–water partition coefficient (Wildman–Crippen LogP) is 2.49. The van der Waals surface area contributed by atoms with Crippen LogP contribution in [0.3, 0.4) is 0 Å². The first-order valence-electron chi connectivity index (χ1n) is 5.82. The Morgan fingerprint density at radius 2 is 1.85 bits per heavy atom. The molecule has 0 aliphatic heterocycles. The Hall–Kier alpha value is -2.34. The van der Waals surface area contributed by atoms with E-state index in [1.54, 1.807) is 37.4 Å². The zero-order valence-electron chi connectivity index (χ0n) is 10.9. The molecule has 0 amide bonds. The summed E-state index contributed by atoms with van der Waals surface area (Å²) in [4.78, 5) is 8.44. The smallest absolute Gasteiger partial charge is 0.224 e. The van der Waals surface area contributed by atoms with E-state index in [0.717, 1.165) is 5.39 Å². The molecule has 0 spiro atoms. The standard InChI is InChI=1S/C13H11ClN4O2/c1-19-10-6-8-9(7-11(10)20-2)16-13(14)17-12(8)18-5-3-4-15-18/h3-7H,1-2H3. The highest BCUT2D eigenvalue weighted by molar-refractivity contribution is 6.28. The number of fused-ring (bicyclic) bond motifs is 1. The van der Waals surface area contributed by atoms with Crippen molar-refractivity contribution in [2.24, 2.45) is 0 Å². The van der Waals surface area contributed by atoms with E-state index in [9.17, 15) is 0 Å². The van der Waals surface area contributed by atoms with Gasteiger partial charge in [-0.3, -0.25) is 0 Å². The molecule has 0 atom stereocenters. The molecule has 2 aromatic heterocycles. The summed E-state index contributed by atoms with van der Waals surface area (Å²) in [6, 6.07) is 5.37. The van der Waals surface area contributed by atoms with Crippen molar-refractivity contribution in [2.75, 3.05) is 14.2 Å². The van der Waals surface area contributed by atoms with Crippen LogP contribution in [0.1, 0.15) is 0 Å². The third kappa shape index (κ3) is 2.04. The van der Waals surface area contributed by atoms with Crippen LogP contribution in [0.4, 0.5) is 0 Å². The van der Waals surface area contributed by atoms with Gasteiger partial charge in [-0.15, -0.1) is 0 Å². The molecule has 0 unspecified atom stereocenters. The van der Waals surface area contributed by atoms with Crippen molar-refractivity contribution in [3.8, 4) is 17.3 Å². The number of methoxy groups -OCH3 is 2. The van der Waals surface area contributed by atoms with Gasteiger partial charge in [-0.2, -0.15) is 10.1 Å². The van der Waals surface area contributed by atoms with Gasteiger partial charge in [0.05, 0.1) is 19.7 Å². The van der Waals surface area contributed by atoms with E-state index in [2.05, 4.69) is 15.1 Å². The molecule has 2 heterocycles. The van der Waals surface area contributed by atoms with Crippen LogP contribution in [0.25, 0.3) is 16.7 Å². The molecule has 7 heteroatoms. The lowest BCUT2D eigenvalue weighted by molar-refractivity contribution is 0.355. The van der Waals surface area contributed by atoms with Gasteiger partial charge in [0.2, 0.25) is 5.28 Å². The van der Waals surface area contributed by atoms with Gasteiger partial charge in [0.25, 0.3) is 0 Å². The summed E-state index contributed by atoms with van der Waals surface area (Å²) >= 11 is 5.97. The van der Waals surface area contributed by atoms with Gasteiger partial charge >= 0.3 is 0 Å². The zero-order chi connectivity index (χ0) is 14.1. The normalized spacial score (nSPS) is 10.8. The first-order chi connectivity index (χ1) is 9.72. The molecule has 0 saturated heterocycles. The minimum Gasteiger partial charge on any atom is -0.493 e. The van der Waals surface area contributed by atoms with Crippen LogP contribution in [-0.2, 0) is 0 Å². The molecule has 0 aliphatic carbocycles. The zero-order valence-corrected chi connectivity index (χ0v) is 11.6. The molecule has 0 saturated carbocycles. The highest BCUT2D eigenvalue weighted by Gasteiger charge is 2.13. The van der Waals surface area contributed by atoms with Crippen molar-refractivity contribution in [2.45, 2.75) is 0 Å². The first-order valence-corrected chi connectivity index (χ1v) is 6.20. The minimum absolute atomic E-state index is 0.148. The van der Waals surface area contributed by atoms with Crippen LogP contribution in [0.2, 0.25) is 5.28 Å². The number of ether oxygens (including phenoxy) is 2.